The van der Waals surface area contributed by atoms with Crippen LogP contribution in [-0.2, 0) is 19.1 Å². The summed E-state index contributed by atoms with van der Waals surface area (Å²) in [6.07, 6.45) is 0.694. The number of Topliss-reactive ketones (excluding diaryl/α,β-unsaturated/α-hetero) is 1. The topological polar surface area (TPSA) is 60.4 Å². The van der Waals surface area contributed by atoms with E-state index < -0.39 is 42.6 Å². The first-order chi connectivity index (χ1) is 6.60. The lowest BCUT2D eigenvalue weighted by atomic mass is 9.97. The number of hydrogen-bond acceptors (Lipinski definition) is 4. The van der Waals surface area contributed by atoms with Crippen LogP contribution in [-0.4, -0.2) is 30.9 Å². The second-order valence-corrected chi connectivity index (χ2v) is 2.60. The van der Waals surface area contributed by atoms with E-state index in [-0.39, 0.29) is 0 Å². The third kappa shape index (κ3) is 1.84. The van der Waals surface area contributed by atoms with Crippen LogP contribution < -0.4 is 0 Å². The highest BCUT2D eigenvalue weighted by molar-refractivity contribution is 6.22. The summed E-state index contributed by atoms with van der Waals surface area (Å²) in [4.78, 5) is 32.7. The standard InChI is InChI=1S/C8H6F2O4/c9-2-4-1-5(11)7(6(12)3-10)8(13)14-4/h1,7H,2-3H2. The molecule has 1 atom stereocenters. The predicted molar refractivity (Wildman–Crippen MR) is 39.6 cm³/mol. The average molecular weight is 204 g/mol. The maximum Gasteiger partial charge on any atom is 0.329 e. The summed E-state index contributed by atoms with van der Waals surface area (Å²) in [5, 5.41) is 0. The number of hydrogen-bond donors (Lipinski definition) is 0. The van der Waals surface area contributed by atoms with Gasteiger partial charge in [0.25, 0.3) is 0 Å². The number of carbonyl (C=O) groups excluding carboxylic acids is 3. The van der Waals surface area contributed by atoms with Crippen LogP contribution in [0.5, 0.6) is 0 Å². The van der Waals surface area contributed by atoms with Crippen molar-refractivity contribution in [1.29, 1.82) is 0 Å². The Kier molecular flexibility index (Phi) is 3.06. The first-order valence-electron chi connectivity index (χ1n) is 3.71. The van der Waals surface area contributed by atoms with Gasteiger partial charge in [0.05, 0.1) is 0 Å². The van der Waals surface area contributed by atoms with Gasteiger partial charge in [-0.1, -0.05) is 0 Å². The van der Waals surface area contributed by atoms with E-state index in [9.17, 15) is 23.2 Å². The van der Waals surface area contributed by atoms with E-state index >= 15 is 0 Å². The van der Waals surface area contributed by atoms with Crippen molar-refractivity contribution in [2.45, 2.75) is 0 Å². The second kappa shape index (κ2) is 4.08. The summed E-state index contributed by atoms with van der Waals surface area (Å²) >= 11 is 0. The molecule has 1 aliphatic heterocycles. The predicted octanol–water partition coefficient (Wildman–Crippen LogP) is 0.120. The number of cyclic esters (lactones) is 1. The van der Waals surface area contributed by atoms with Gasteiger partial charge in [0.15, 0.2) is 17.5 Å². The van der Waals surface area contributed by atoms with Gasteiger partial charge < -0.3 is 4.74 Å². The molecular weight excluding hydrogens is 198 g/mol. The van der Waals surface area contributed by atoms with E-state index in [2.05, 4.69) is 4.74 Å². The van der Waals surface area contributed by atoms with E-state index in [1.54, 1.807) is 0 Å². The molecule has 4 nitrogen and oxygen atoms in total. The maximum absolute atomic E-state index is 12.0. The van der Waals surface area contributed by atoms with Crippen molar-refractivity contribution in [1.82, 2.24) is 0 Å². The third-order valence-corrected chi connectivity index (χ3v) is 1.64. The van der Waals surface area contributed by atoms with E-state index in [1.807, 2.05) is 0 Å². The van der Waals surface area contributed by atoms with E-state index in [0.29, 0.717) is 6.08 Å². The molecule has 0 saturated carbocycles. The molecule has 0 aromatic heterocycles. The highest BCUT2D eigenvalue weighted by Crippen LogP contribution is 2.16. The normalized spacial score (nSPS) is 21.6. The van der Waals surface area contributed by atoms with E-state index in [4.69, 9.17) is 0 Å². The van der Waals surface area contributed by atoms with Gasteiger partial charge in [-0.15, -0.1) is 0 Å². The molecule has 1 aliphatic rings. The number of carbonyl (C=O) groups is 3. The van der Waals surface area contributed by atoms with Crippen LogP contribution in [0.3, 0.4) is 0 Å². The molecular formula is C8H6F2O4. The molecule has 0 N–H and O–H groups in total. The smallest absolute Gasteiger partial charge is 0.329 e. The zero-order valence-corrected chi connectivity index (χ0v) is 6.96. The van der Waals surface area contributed by atoms with Crippen LogP contribution in [0.2, 0.25) is 0 Å². The number of ether oxygens (including phenoxy) is 1. The minimum atomic E-state index is -1.77. The van der Waals surface area contributed by atoms with Gasteiger partial charge in [0.1, 0.15) is 19.1 Å². The van der Waals surface area contributed by atoms with Gasteiger partial charge in [0.2, 0.25) is 0 Å². The Labute approximate surface area is 77.5 Å². The van der Waals surface area contributed by atoms with E-state index in [0.717, 1.165) is 0 Å². The molecule has 0 radical (unpaired) electrons. The molecule has 0 aromatic carbocycles. The van der Waals surface area contributed by atoms with Crippen LogP contribution in [0.25, 0.3) is 0 Å². The Morgan fingerprint density at radius 1 is 1.43 bits per heavy atom. The Morgan fingerprint density at radius 3 is 2.50 bits per heavy atom. The minimum absolute atomic E-state index is 0.456. The van der Waals surface area contributed by atoms with Crippen molar-refractivity contribution in [2.24, 2.45) is 5.92 Å². The Bertz CT molecular complexity index is 321. The first kappa shape index (κ1) is 10.5. The Hall–Kier alpha value is -1.59. The molecule has 1 heterocycles. The van der Waals surface area contributed by atoms with Crippen molar-refractivity contribution >= 4 is 17.5 Å². The molecule has 0 aromatic rings. The quantitative estimate of drug-likeness (QED) is 0.484. The zero-order valence-electron chi connectivity index (χ0n) is 6.96. The van der Waals surface area contributed by atoms with Crippen LogP contribution in [0, 0.1) is 5.92 Å². The van der Waals surface area contributed by atoms with Crippen LogP contribution in [0.1, 0.15) is 0 Å². The molecule has 0 aliphatic carbocycles. The number of halogens is 2. The van der Waals surface area contributed by atoms with Crippen LogP contribution in [0.15, 0.2) is 11.8 Å². The highest BCUT2D eigenvalue weighted by atomic mass is 19.1. The van der Waals surface area contributed by atoms with Gasteiger partial charge in [0, 0.05) is 6.08 Å². The maximum atomic E-state index is 12.0. The van der Waals surface area contributed by atoms with Gasteiger partial charge >= 0.3 is 5.97 Å². The fourth-order valence-electron chi connectivity index (χ4n) is 1.01. The minimum Gasteiger partial charge on any atom is -0.427 e. The summed E-state index contributed by atoms with van der Waals surface area (Å²) < 4.78 is 28.2. The van der Waals surface area contributed by atoms with Crippen molar-refractivity contribution in [3.05, 3.63) is 11.8 Å². The first-order valence-corrected chi connectivity index (χ1v) is 3.71. The lowest BCUT2D eigenvalue weighted by molar-refractivity contribution is -0.153. The van der Waals surface area contributed by atoms with Gasteiger partial charge in [-0.2, -0.15) is 0 Å². The van der Waals surface area contributed by atoms with Crippen molar-refractivity contribution in [3.63, 3.8) is 0 Å². The largest absolute Gasteiger partial charge is 0.427 e. The SMILES string of the molecule is O=C1C=C(CF)OC(=O)C1C(=O)CF. The van der Waals surface area contributed by atoms with Crippen molar-refractivity contribution in [3.8, 4) is 0 Å². The summed E-state index contributed by atoms with van der Waals surface area (Å²) in [7, 11) is 0. The molecule has 14 heavy (non-hydrogen) atoms. The molecule has 1 rings (SSSR count). The molecule has 0 amide bonds. The zero-order chi connectivity index (χ0) is 10.7. The van der Waals surface area contributed by atoms with Gasteiger partial charge in [-0.05, 0) is 0 Å². The van der Waals surface area contributed by atoms with Gasteiger partial charge in [-0.3, -0.25) is 14.4 Å². The molecule has 6 heteroatoms. The monoisotopic (exact) mass is 204 g/mol. The average Bonchev–Trinajstić information content (AvgIpc) is 2.16. The molecule has 0 saturated heterocycles. The van der Waals surface area contributed by atoms with Crippen LogP contribution >= 0.6 is 0 Å². The Morgan fingerprint density at radius 2 is 2.07 bits per heavy atom. The van der Waals surface area contributed by atoms with Crippen molar-refractivity contribution < 1.29 is 27.9 Å². The Balaban J connectivity index is 2.92. The number of esters is 1. The molecule has 76 valence electrons. The third-order valence-electron chi connectivity index (χ3n) is 1.64. The fourth-order valence-corrected chi connectivity index (χ4v) is 1.01. The van der Waals surface area contributed by atoms with E-state index in [1.165, 1.54) is 0 Å². The second-order valence-electron chi connectivity index (χ2n) is 2.60. The molecule has 0 fully saturated rings. The van der Waals surface area contributed by atoms with Crippen molar-refractivity contribution in [2.75, 3.05) is 13.3 Å². The van der Waals surface area contributed by atoms with Gasteiger partial charge in [-0.25, -0.2) is 8.78 Å². The number of rotatable bonds is 3. The molecule has 0 bridgehead atoms. The summed E-state index contributed by atoms with van der Waals surface area (Å²) in [5.74, 6) is -5.54. The summed E-state index contributed by atoms with van der Waals surface area (Å²) in [6, 6.07) is 0. The summed E-state index contributed by atoms with van der Waals surface area (Å²) in [6.45, 7) is -2.54. The molecule has 1 unspecified atom stereocenters. The lowest BCUT2D eigenvalue weighted by Crippen LogP contribution is -2.36. The fraction of sp³-hybridized carbons (Fsp3) is 0.375. The highest BCUT2D eigenvalue weighted by Gasteiger charge is 2.38. The number of ketones is 2. The summed E-state index contributed by atoms with van der Waals surface area (Å²) in [5.41, 5.74) is 0. The van der Waals surface area contributed by atoms with Crippen LogP contribution in [0.4, 0.5) is 8.78 Å². The lowest BCUT2D eigenvalue weighted by Gasteiger charge is -2.16. The number of alkyl halides is 2. The molecule has 0 spiro atoms. The number of allylic oxidation sites excluding steroid dienone is 2.